The van der Waals surface area contributed by atoms with Gasteiger partial charge < -0.3 is 25.0 Å². The Hall–Kier alpha value is -4.33. The molecule has 3 aromatic carbocycles. The maximum absolute atomic E-state index is 13.2. The van der Waals surface area contributed by atoms with E-state index in [1.165, 1.54) is 0 Å². The normalized spacial score (nSPS) is 13.7. The van der Waals surface area contributed by atoms with Crippen LogP contribution in [0.2, 0.25) is 0 Å². The molecule has 5 rings (SSSR count). The van der Waals surface area contributed by atoms with E-state index < -0.39 is 0 Å². The van der Waals surface area contributed by atoms with Crippen LogP contribution in [-0.2, 0) is 0 Å². The van der Waals surface area contributed by atoms with Gasteiger partial charge in [-0.05, 0) is 29.3 Å². The van der Waals surface area contributed by atoms with E-state index in [0.29, 0.717) is 65.9 Å². The first-order valence-corrected chi connectivity index (χ1v) is 11.5. The van der Waals surface area contributed by atoms with Gasteiger partial charge in [0.25, 0.3) is 5.91 Å². The molecule has 2 N–H and O–H groups in total. The van der Waals surface area contributed by atoms with Gasteiger partial charge in [0.2, 0.25) is 5.95 Å². The molecule has 1 saturated heterocycles. The van der Waals surface area contributed by atoms with E-state index in [4.69, 9.17) is 20.2 Å². The van der Waals surface area contributed by atoms with Crippen molar-refractivity contribution in [3.8, 4) is 22.6 Å². The third-order valence-corrected chi connectivity index (χ3v) is 6.29. The minimum Gasteiger partial charge on any atom is -0.493 e. The van der Waals surface area contributed by atoms with Crippen molar-refractivity contribution in [2.45, 2.75) is 0 Å². The topological polar surface area (TPSA) is 93.8 Å². The van der Waals surface area contributed by atoms with Crippen molar-refractivity contribution in [3.05, 3.63) is 72.3 Å². The molecule has 0 spiro atoms. The number of fused-ring (bicyclic) bond motifs is 1. The minimum atomic E-state index is 0.0261. The number of ether oxygens (including phenoxy) is 2. The smallest absolute Gasteiger partial charge is 0.253 e. The number of carbonyl (C=O) groups excluding carboxylic acids is 1. The van der Waals surface area contributed by atoms with Crippen LogP contribution in [0.25, 0.3) is 22.0 Å². The second-order valence-electron chi connectivity index (χ2n) is 8.36. The van der Waals surface area contributed by atoms with Gasteiger partial charge in [-0.15, -0.1) is 0 Å². The van der Waals surface area contributed by atoms with Gasteiger partial charge in [0.15, 0.2) is 11.5 Å². The highest BCUT2D eigenvalue weighted by molar-refractivity contribution is 5.96. The number of hydrogen-bond acceptors (Lipinski definition) is 7. The lowest BCUT2D eigenvalue weighted by Gasteiger charge is -2.35. The number of nitrogens with two attached hydrogens (primary N) is 1. The average Bonchev–Trinajstić information content (AvgIpc) is 2.92. The van der Waals surface area contributed by atoms with Gasteiger partial charge in [0, 0.05) is 43.2 Å². The van der Waals surface area contributed by atoms with Gasteiger partial charge in [-0.1, -0.05) is 42.5 Å². The van der Waals surface area contributed by atoms with Gasteiger partial charge in [-0.25, -0.2) is 4.98 Å². The van der Waals surface area contributed by atoms with Crippen LogP contribution in [0.4, 0.5) is 11.8 Å². The Morgan fingerprint density at radius 1 is 0.829 bits per heavy atom. The molecule has 0 unspecified atom stereocenters. The Bertz CT molecular complexity index is 1370. The fourth-order valence-electron chi connectivity index (χ4n) is 4.36. The zero-order chi connectivity index (χ0) is 24.4. The minimum absolute atomic E-state index is 0.0261. The van der Waals surface area contributed by atoms with Crippen molar-refractivity contribution in [3.63, 3.8) is 0 Å². The molecular weight excluding hydrogens is 442 g/mol. The Balaban J connectivity index is 1.32. The third-order valence-electron chi connectivity index (χ3n) is 6.29. The van der Waals surface area contributed by atoms with Crippen molar-refractivity contribution in [2.24, 2.45) is 0 Å². The molecule has 1 aliphatic heterocycles. The Labute approximate surface area is 203 Å². The predicted octanol–water partition coefficient (Wildman–Crippen LogP) is 3.86. The van der Waals surface area contributed by atoms with Crippen LogP contribution in [-0.4, -0.2) is 61.2 Å². The Morgan fingerprint density at radius 2 is 1.51 bits per heavy atom. The van der Waals surface area contributed by atoms with Crippen LogP contribution >= 0.6 is 0 Å². The Kier molecular flexibility index (Phi) is 6.10. The number of anilines is 2. The number of carbonyl (C=O) groups is 1. The zero-order valence-corrected chi connectivity index (χ0v) is 19.8. The molecule has 0 aliphatic carbocycles. The molecular formula is C27H27N5O3. The molecule has 2 heterocycles. The summed E-state index contributed by atoms with van der Waals surface area (Å²) in [6, 6.07) is 21.4. The average molecular weight is 470 g/mol. The van der Waals surface area contributed by atoms with Gasteiger partial charge in [0.1, 0.15) is 5.82 Å². The standard InChI is InChI=1S/C27H27N5O3/c1-34-23-16-21-22(17-24(23)35-2)29-27(30-25(21)28)32-13-11-31(12-14-32)26(33)20-10-6-9-19(15-20)18-7-4-3-5-8-18/h3-10,15-17H,11-14H2,1-2H3,(H2,28,29,30). The van der Waals surface area contributed by atoms with Crippen LogP contribution in [0.5, 0.6) is 11.5 Å². The van der Waals surface area contributed by atoms with Crippen LogP contribution in [0.1, 0.15) is 10.4 Å². The van der Waals surface area contributed by atoms with Crippen LogP contribution in [0.3, 0.4) is 0 Å². The summed E-state index contributed by atoms with van der Waals surface area (Å²) in [6.07, 6.45) is 0. The highest BCUT2D eigenvalue weighted by Gasteiger charge is 2.24. The van der Waals surface area contributed by atoms with Crippen LogP contribution in [0, 0.1) is 0 Å². The van der Waals surface area contributed by atoms with Crippen molar-refractivity contribution in [1.82, 2.24) is 14.9 Å². The number of amides is 1. The number of nitrogen functional groups attached to an aromatic ring is 1. The number of nitrogens with zero attached hydrogens (tertiary/aromatic N) is 4. The molecule has 1 fully saturated rings. The Morgan fingerprint density at radius 3 is 2.23 bits per heavy atom. The lowest BCUT2D eigenvalue weighted by molar-refractivity contribution is 0.0746. The fourth-order valence-corrected chi connectivity index (χ4v) is 4.36. The summed E-state index contributed by atoms with van der Waals surface area (Å²) < 4.78 is 10.8. The molecule has 1 aromatic heterocycles. The number of benzene rings is 3. The van der Waals surface area contributed by atoms with E-state index in [2.05, 4.69) is 9.88 Å². The number of methoxy groups -OCH3 is 2. The predicted molar refractivity (Wildman–Crippen MR) is 137 cm³/mol. The van der Waals surface area contributed by atoms with Crippen LogP contribution < -0.4 is 20.1 Å². The number of hydrogen-bond donors (Lipinski definition) is 1. The lowest BCUT2D eigenvalue weighted by Crippen LogP contribution is -2.49. The quantitative estimate of drug-likeness (QED) is 0.474. The second-order valence-corrected chi connectivity index (χ2v) is 8.36. The van der Waals surface area contributed by atoms with Gasteiger partial charge in [-0.3, -0.25) is 4.79 Å². The van der Waals surface area contributed by atoms with Crippen molar-refractivity contribution in [2.75, 3.05) is 51.0 Å². The summed E-state index contributed by atoms with van der Waals surface area (Å²) in [7, 11) is 3.16. The van der Waals surface area contributed by atoms with Gasteiger partial charge in [-0.2, -0.15) is 4.98 Å². The molecule has 0 bridgehead atoms. The molecule has 0 atom stereocenters. The molecule has 35 heavy (non-hydrogen) atoms. The molecule has 1 aliphatic rings. The first kappa shape index (κ1) is 22.5. The van der Waals surface area contributed by atoms with E-state index in [1.807, 2.05) is 59.5 Å². The second kappa shape index (κ2) is 9.50. The SMILES string of the molecule is COc1cc2nc(N3CCN(C(=O)c4cccc(-c5ccccc5)c4)CC3)nc(N)c2cc1OC. The molecule has 178 valence electrons. The number of aromatic nitrogens is 2. The largest absolute Gasteiger partial charge is 0.493 e. The monoisotopic (exact) mass is 469 g/mol. The molecule has 0 saturated carbocycles. The van der Waals surface area contributed by atoms with E-state index in [9.17, 15) is 4.79 Å². The van der Waals surface area contributed by atoms with E-state index in [1.54, 1.807) is 26.4 Å². The summed E-state index contributed by atoms with van der Waals surface area (Å²) >= 11 is 0. The summed E-state index contributed by atoms with van der Waals surface area (Å²) in [6.45, 7) is 2.37. The molecule has 8 heteroatoms. The number of rotatable bonds is 5. The first-order valence-electron chi connectivity index (χ1n) is 11.5. The van der Waals surface area contributed by atoms with Crippen molar-refractivity contribution >= 4 is 28.6 Å². The molecule has 8 nitrogen and oxygen atoms in total. The van der Waals surface area contributed by atoms with Gasteiger partial charge in [0.05, 0.1) is 19.7 Å². The highest BCUT2D eigenvalue weighted by atomic mass is 16.5. The van der Waals surface area contributed by atoms with Crippen LogP contribution in [0.15, 0.2) is 66.7 Å². The van der Waals surface area contributed by atoms with E-state index >= 15 is 0 Å². The molecule has 4 aromatic rings. The maximum Gasteiger partial charge on any atom is 0.253 e. The first-order chi connectivity index (χ1) is 17.1. The summed E-state index contributed by atoms with van der Waals surface area (Å²) in [4.78, 5) is 26.4. The van der Waals surface area contributed by atoms with E-state index in [0.717, 1.165) is 11.1 Å². The number of piperazine rings is 1. The third kappa shape index (κ3) is 4.42. The zero-order valence-electron chi connectivity index (χ0n) is 19.8. The highest BCUT2D eigenvalue weighted by Crippen LogP contribution is 2.34. The summed E-state index contributed by atoms with van der Waals surface area (Å²) in [5.41, 5.74) is 9.74. The van der Waals surface area contributed by atoms with Crippen molar-refractivity contribution < 1.29 is 14.3 Å². The molecule has 0 radical (unpaired) electrons. The summed E-state index contributed by atoms with van der Waals surface area (Å²) in [5, 5.41) is 0.707. The van der Waals surface area contributed by atoms with Crippen molar-refractivity contribution in [1.29, 1.82) is 0 Å². The fraction of sp³-hybridized carbons (Fsp3) is 0.222. The molecule has 1 amide bonds. The van der Waals surface area contributed by atoms with Gasteiger partial charge >= 0.3 is 0 Å². The van der Waals surface area contributed by atoms with E-state index in [-0.39, 0.29) is 5.91 Å². The summed E-state index contributed by atoms with van der Waals surface area (Å²) in [5.74, 6) is 2.10. The maximum atomic E-state index is 13.2. The lowest BCUT2D eigenvalue weighted by atomic mass is 10.0.